The van der Waals surface area contributed by atoms with Gasteiger partial charge in [0, 0.05) is 18.8 Å². The molecule has 2 aromatic rings. The van der Waals surface area contributed by atoms with Crippen LogP contribution in [0.4, 0.5) is 5.69 Å². The van der Waals surface area contributed by atoms with Gasteiger partial charge < -0.3 is 10.2 Å². The molecule has 2 unspecified atom stereocenters. The van der Waals surface area contributed by atoms with Crippen molar-refractivity contribution in [1.29, 1.82) is 0 Å². The molecule has 1 saturated carbocycles. The molecule has 146 valence electrons. The van der Waals surface area contributed by atoms with Gasteiger partial charge in [0.05, 0.1) is 11.8 Å². The van der Waals surface area contributed by atoms with Crippen LogP contribution in [-0.4, -0.2) is 23.3 Å². The molecule has 4 heteroatoms. The number of carbonyl (C=O) groups excluding carboxylic acids is 2. The van der Waals surface area contributed by atoms with E-state index in [0.717, 1.165) is 42.6 Å². The first-order chi connectivity index (χ1) is 13.6. The number of anilines is 1. The van der Waals surface area contributed by atoms with Gasteiger partial charge in [-0.1, -0.05) is 56.3 Å². The fraction of sp³-hybridized carbons (Fsp3) is 0.417. The molecule has 2 atom stereocenters. The average molecular weight is 377 g/mol. The lowest BCUT2D eigenvalue weighted by molar-refractivity contribution is -0.135. The zero-order chi connectivity index (χ0) is 19.7. The predicted molar refractivity (Wildman–Crippen MR) is 111 cm³/mol. The number of amides is 2. The third-order valence-electron chi connectivity index (χ3n) is 6.13. The summed E-state index contributed by atoms with van der Waals surface area (Å²) < 4.78 is 0. The van der Waals surface area contributed by atoms with Gasteiger partial charge in [0.2, 0.25) is 11.8 Å². The van der Waals surface area contributed by atoms with Crippen molar-refractivity contribution < 1.29 is 9.59 Å². The summed E-state index contributed by atoms with van der Waals surface area (Å²) >= 11 is 0. The molecule has 1 aliphatic heterocycles. The number of rotatable bonds is 5. The summed E-state index contributed by atoms with van der Waals surface area (Å²) in [5.41, 5.74) is 5.82. The van der Waals surface area contributed by atoms with Gasteiger partial charge in [-0.3, -0.25) is 9.59 Å². The van der Waals surface area contributed by atoms with Crippen LogP contribution in [0.15, 0.2) is 42.5 Å². The van der Waals surface area contributed by atoms with Crippen molar-refractivity contribution in [3.8, 4) is 0 Å². The van der Waals surface area contributed by atoms with Gasteiger partial charge in [0.15, 0.2) is 0 Å². The molecule has 1 fully saturated rings. The summed E-state index contributed by atoms with van der Waals surface area (Å²) in [6.45, 7) is 5.61. The SMILES string of the molecule is CCc1cccc(CC)c1NC(=O)C1CC1C(=O)N1CCc2ccccc2C1. The van der Waals surface area contributed by atoms with Crippen LogP contribution in [-0.2, 0) is 35.4 Å². The monoisotopic (exact) mass is 376 g/mol. The Bertz CT molecular complexity index is 883. The Morgan fingerprint density at radius 1 is 0.964 bits per heavy atom. The Morgan fingerprint density at radius 3 is 2.32 bits per heavy atom. The summed E-state index contributed by atoms with van der Waals surface area (Å²) in [6.07, 6.45) is 3.32. The highest BCUT2D eigenvalue weighted by Crippen LogP contribution is 2.42. The lowest BCUT2D eigenvalue weighted by atomic mass is 9.99. The second-order valence-electron chi connectivity index (χ2n) is 7.87. The number of hydrogen-bond acceptors (Lipinski definition) is 2. The van der Waals surface area contributed by atoms with Crippen molar-refractivity contribution in [1.82, 2.24) is 4.90 Å². The topological polar surface area (TPSA) is 49.4 Å². The molecule has 4 nitrogen and oxygen atoms in total. The smallest absolute Gasteiger partial charge is 0.228 e. The summed E-state index contributed by atoms with van der Waals surface area (Å²) in [5.74, 6) is -0.232. The number of fused-ring (bicyclic) bond motifs is 1. The quantitative estimate of drug-likeness (QED) is 0.858. The van der Waals surface area contributed by atoms with Crippen molar-refractivity contribution >= 4 is 17.5 Å². The molecule has 0 spiro atoms. The van der Waals surface area contributed by atoms with E-state index in [1.807, 2.05) is 17.0 Å². The second kappa shape index (κ2) is 7.78. The number of nitrogens with one attached hydrogen (secondary N) is 1. The molecule has 2 aliphatic rings. The maximum atomic E-state index is 12.9. The summed E-state index contributed by atoms with van der Waals surface area (Å²) in [6, 6.07) is 14.5. The Hall–Kier alpha value is -2.62. The van der Waals surface area contributed by atoms with Crippen molar-refractivity contribution in [2.24, 2.45) is 11.8 Å². The van der Waals surface area contributed by atoms with E-state index in [1.165, 1.54) is 11.1 Å². The van der Waals surface area contributed by atoms with E-state index >= 15 is 0 Å². The first-order valence-corrected chi connectivity index (χ1v) is 10.4. The zero-order valence-corrected chi connectivity index (χ0v) is 16.7. The van der Waals surface area contributed by atoms with Crippen molar-refractivity contribution in [2.75, 3.05) is 11.9 Å². The highest BCUT2D eigenvalue weighted by Gasteiger charge is 2.49. The molecule has 0 radical (unpaired) electrons. The molecular formula is C24H28N2O2. The van der Waals surface area contributed by atoms with Crippen LogP contribution < -0.4 is 5.32 Å². The number of carbonyl (C=O) groups is 2. The maximum Gasteiger partial charge on any atom is 0.228 e. The van der Waals surface area contributed by atoms with Gasteiger partial charge in [-0.05, 0) is 47.9 Å². The van der Waals surface area contributed by atoms with Crippen LogP contribution in [0.3, 0.4) is 0 Å². The minimum absolute atomic E-state index is 0.00800. The lowest BCUT2D eigenvalue weighted by Crippen LogP contribution is -2.37. The van der Waals surface area contributed by atoms with Gasteiger partial charge in [0.1, 0.15) is 0 Å². The van der Waals surface area contributed by atoms with Crippen LogP contribution in [0, 0.1) is 11.8 Å². The standard InChI is InChI=1S/C24H28N2O2/c1-3-16-10-7-11-17(4-2)22(16)25-23(27)20-14-21(20)24(28)26-13-12-18-8-5-6-9-19(18)15-26/h5-11,20-21H,3-4,12-15H2,1-2H3,(H,25,27). The van der Waals surface area contributed by atoms with Crippen molar-refractivity contribution in [3.05, 3.63) is 64.7 Å². The average Bonchev–Trinajstić information content (AvgIpc) is 3.54. The van der Waals surface area contributed by atoms with Crippen molar-refractivity contribution in [3.63, 3.8) is 0 Å². The number of nitrogens with zero attached hydrogens (tertiary/aromatic N) is 1. The molecule has 0 saturated heterocycles. The largest absolute Gasteiger partial charge is 0.338 e. The lowest BCUT2D eigenvalue weighted by Gasteiger charge is -2.29. The summed E-state index contributed by atoms with van der Waals surface area (Å²) in [4.78, 5) is 27.7. The van der Waals surface area contributed by atoms with E-state index in [9.17, 15) is 9.59 Å². The van der Waals surface area contributed by atoms with Crippen LogP contribution in [0.2, 0.25) is 0 Å². The summed E-state index contributed by atoms with van der Waals surface area (Å²) in [5, 5.41) is 3.14. The molecular weight excluding hydrogens is 348 g/mol. The van der Waals surface area contributed by atoms with Crippen LogP contribution >= 0.6 is 0 Å². The third kappa shape index (κ3) is 3.56. The normalized spacial score (nSPS) is 20.4. The number of hydrogen-bond donors (Lipinski definition) is 1. The molecule has 1 N–H and O–H groups in total. The minimum Gasteiger partial charge on any atom is -0.338 e. The Morgan fingerprint density at radius 2 is 1.64 bits per heavy atom. The fourth-order valence-electron chi connectivity index (χ4n) is 4.30. The van der Waals surface area contributed by atoms with Gasteiger partial charge in [0.25, 0.3) is 0 Å². The second-order valence-corrected chi connectivity index (χ2v) is 7.87. The first kappa shape index (κ1) is 18.7. The van der Waals surface area contributed by atoms with E-state index in [0.29, 0.717) is 13.0 Å². The number of aryl methyl sites for hydroxylation is 2. The molecule has 0 bridgehead atoms. The fourth-order valence-corrected chi connectivity index (χ4v) is 4.30. The van der Waals surface area contributed by atoms with Crippen LogP contribution in [0.25, 0.3) is 0 Å². The predicted octanol–water partition coefficient (Wildman–Crippen LogP) is 3.97. The van der Waals surface area contributed by atoms with Crippen molar-refractivity contribution in [2.45, 2.75) is 46.1 Å². The third-order valence-corrected chi connectivity index (χ3v) is 6.13. The van der Waals surface area contributed by atoms with Gasteiger partial charge in [-0.2, -0.15) is 0 Å². The Balaban J connectivity index is 1.41. The van der Waals surface area contributed by atoms with Gasteiger partial charge in [-0.25, -0.2) is 0 Å². The molecule has 2 amide bonds. The molecule has 4 rings (SSSR count). The van der Waals surface area contributed by atoms with Gasteiger partial charge in [-0.15, -0.1) is 0 Å². The Labute approximate surface area is 166 Å². The van der Waals surface area contributed by atoms with Gasteiger partial charge >= 0.3 is 0 Å². The molecule has 0 aromatic heterocycles. The summed E-state index contributed by atoms with van der Waals surface area (Å²) in [7, 11) is 0. The van der Waals surface area contributed by atoms with E-state index in [-0.39, 0.29) is 23.7 Å². The van der Waals surface area contributed by atoms with Crippen LogP contribution in [0.5, 0.6) is 0 Å². The van der Waals surface area contributed by atoms with E-state index < -0.39 is 0 Å². The maximum absolute atomic E-state index is 12.9. The van der Waals surface area contributed by atoms with E-state index in [1.54, 1.807) is 0 Å². The zero-order valence-electron chi connectivity index (χ0n) is 16.7. The molecule has 2 aromatic carbocycles. The molecule has 1 heterocycles. The highest BCUT2D eigenvalue weighted by atomic mass is 16.2. The number of para-hydroxylation sites is 1. The number of benzene rings is 2. The van der Waals surface area contributed by atoms with Crippen LogP contribution in [0.1, 0.15) is 42.5 Å². The van der Waals surface area contributed by atoms with E-state index in [4.69, 9.17) is 0 Å². The minimum atomic E-state index is -0.195. The molecule has 1 aliphatic carbocycles. The highest BCUT2D eigenvalue weighted by molar-refractivity contribution is 6.00. The van der Waals surface area contributed by atoms with E-state index in [2.05, 4.69) is 49.5 Å². The molecule has 28 heavy (non-hydrogen) atoms. The first-order valence-electron chi connectivity index (χ1n) is 10.4. The Kier molecular flexibility index (Phi) is 5.21.